The van der Waals surface area contributed by atoms with Crippen LogP contribution in [0.2, 0.25) is 0 Å². The average Bonchev–Trinajstić information content (AvgIpc) is 2.69. The van der Waals surface area contributed by atoms with Crippen LogP contribution >= 0.6 is 0 Å². The second kappa shape index (κ2) is 4.92. The minimum atomic E-state index is -0.884. The lowest BCUT2D eigenvalue weighted by molar-refractivity contribution is 0.0925. The highest BCUT2D eigenvalue weighted by Crippen LogP contribution is 2.25. The van der Waals surface area contributed by atoms with E-state index in [0.29, 0.717) is 12.0 Å². The van der Waals surface area contributed by atoms with E-state index >= 15 is 0 Å². The van der Waals surface area contributed by atoms with Gasteiger partial charge in [0.1, 0.15) is 11.6 Å². The Labute approximate surface area is 104 Å². The monoisotopic (exact) mass is 254 g/mol. The smallest absolute Gasteiger partial charge is 0.254 e. The summed E-state index contributed by atoms with van der Waals surface area (Å²) < 4.78 is 26.5. The Kier molecular flexibility index (Phi) is 3.50. The van der Waals surface area contributed by atoms with Crippen molar-refractivity contribution in [2.75, 3.05) is 5.73 Å². The van der Waals surface area contributed by atoms with Gasteiger partial charge in [-0.15, -0.1) is 0 Å². The molecule has 1 aliphatic carbocycles. The summed E-state index contributed by atoms with van der Waals surface area (Å²) in [6.07, 6.45) is 3.00. The number of anilines is 1. The van der Waals surface area contributed by atoms with Crippen molar-refractivity contribution in [3.05, 3.63) is 29.3 Å². The Bertz CT molecular complexity index is 476. The predicted octanol–water partition coefficient (Wildman–Crippen LogP) is 2.47. The first-order valence-corrected chi connectivity index (χ1v) is 6.04. The molecular weight excluding hydrogens is 238 g/mol. The summed E-state index contributed by atoms with van der Waals surface area (Å²) in [5.41, 5.74) is 4.92. The van der Waals surface area contributed by atoms with Crippen LogP contribution in [0.15, 0.2) is 12.1 Å². The summed E-state index contributed by atoms with van der Waals surface area (Å²) in [5, 5.41) is 2.78. The summed E-state index contributed by atoms with van der Waals surface area (Å²) in [6.45, 7) is 2.05. The van der Waals surface area contributed by atoms with Gasteiger partial charge in [-0.25, -0.2) is 8.78 Å². The highest BCUT2D eigenvalue weighted by atomic mass is 19.1. The molecule has 0 saturated heterocycles. The van der Waals surface area contributed by atoms with E-state index < -0.39 is 17.5 Å². The zero-order valence-corrected chi connectivity index (χ0v) is 10.2. The molecule has 1 amide bonds. The van der Waals surface area contributed by atoms with Gasteiger partial charge in [0.05, 0.1) is 11.3 Å². The molecule has 1 aliphatic rings. The second-order valence-corrected chi connectivity index (χ2v) is 4.84. The van der Waals surface area contributed by atoms with Crippen LogP contribution in [-0.2, 0) is 0 Å². The first-order valence-electron chi connectivity index (χ1n) is 6.04. The predicted molar refractivity (Wildman–Crippen MR) is 65.0 cm³/mol. The maximum Gasteiger partial charge on any atom is 0.254 e. The first-order chi connectivity index (χ1) is 8.49. The van der Waals surface area contributed by atoms with Gasteiger partial charge >= 0.3 is 0 Å². The van der Waals surface area contributed by atoms with Gasteiger partial charge in [-0.3, -0.25) is 4.79 Å². The van der Waals surface area contributed by atoms with Crippen molar-refractivity contribution in [1.29, 1.82) is 0 Å². The Balaban J connectivity index is 2.16. The maximum atomic E-state index is 13.5. The molecule has 98 valence electrons. The molecular formula is C13H16F2N2O. The van der Waals surface area contributed by atoms with E-state index in [-0.39, 0.29) is 17.3 Å². The van der Waals surface area contributed by atoms with E-state index in [4.69, 9.17) is 5.73 Å². The highest BCUT2D eigenvalue weighted by molar-refractivity contribution is 5.95. The largest absolute Gasteiger partial charge is 0.396 e. The van der Waals surface area contributed by atoms with Crippen LogP contribution in [0.4, 0.5) is 14.5 Å². The third-order valence-electron chi connectivity index (χ3n) is 3.51. The number of rotatable bonds is 2. The van der Waals surface area contributed by atoms with Crippen LogP contribution in [0.1, 0.15) is 36.5 Å². The molecule has 0 aliphatic heterocycles. The summed E-state index contributed by atoms with van der Waals surface area (Å²) in [6, 6.07) is 1.74. The molecule has 2 atom stereocenters. The van der Waals surface area contributed by atoms with E-state index in [1.54, 1.807) is 0 Å². The van der Waals surface area contributed by atoms with Gasteiger partial charge < -0.3 is 11.1 Å². The average molecular weight is 254 g/mol. The van der Waals surface area contributed by atoms with E-state index in [1.807, 2.05) is 6.92 Å². The van der Waals surface area contributed by atoms with Crippen molar-refractivity contribution in [1.82, 2.24) is 5.32 Å². The normalized spacial score (nSPS) is 23.1. The molecule has 2 rings (SSSR count). The minimum absolute atomic E-state index is 0.0585. The van der Waals surface area contributed by atoms with Crippen molar-refractivity contribution >= 4 is 11.6 Å². The molecule has 1 aromatic rings. The zero-order chi connectivity index (χ0) is 13.3. The van der Waals surface area contributed by atoms with Crippen molar-refractivity contribution in [2.45, 2.75) is 32.2 Å². The molecule has 0 heterocycles. The van der Waals surface area contributed by atoms with Crippen LogP contribution < -0.4 is 11.1 Å². The third-order valence-corrected chi connectivity index (χ3v) is 3.51. The fourth-order valence-electron chi connectivity index (χ4n) is 2.35. The standard InChI is InChI=1S/C13H16F2N2O/c1-7-3-2-4-12(7)17-13(18)8-5-11(16)10(15)6-9(8)14/h5-7,12H,2-4,16H2,1H3,(H,17,18). The lowest BCUT2D eigenvalue weighted by atomic mass is 10.1. The van der Waals surface area contributed by atoms with Crippen molar-refractivity contribution in [2.24, 2.45) is 5.92 Å². The molecule has 1 aromatic carbocycles. The Morgan fingerprint density at radius 1 is 1.33 bits per heavy atom. The SMILES string of the molecule is CC1CCCC1NC(=O)c1cc(N)c(F)cc1F. The van der Waals surface area contributed by atoms with E-state index in [2.05, 4.69) is 5.32 Å². The van der Waals surface area contributed by atoms with Crippen LogP contribution in [0.5, 0.6) is 0 Å². The molecule has 0 spiro atoms. The lowest BCUT2D eigenvalue weighted by Crippen LogP contribution is -2.36. The second-order valence-electron chi connectivity index (χ2n) is 4.84. The summed E-state index contributed by atoms with van der Waals surface area (Å²) >= 11 is 0. The van der Waals surface area contributed by atoms with Gasteiger partial charge in [0.15, 0.2) is 0 Å². The van der Waals surface area contributed by atoms with Crippen molar-refractivity contribution in [3.63, 3.8) is 0 Å². The number of carbonyl (C=O) groups is 1. The van der Waals surface area contributed by atoms with Gasteiger partial charge in [-0.05, 0) is 24.8 Å². The fraction of sp³-hybridized carbons (Fsp3) is 0.462. The van der Waals surface area contributed by atoms with Gasteiger partial charge in [-0.1, -0.05) is 13.3 Å². The van der Waals surface area contributed by atoms with Gasteiger partial charge in [0, 0.05) is 12.1 Å². The molecule has 5 heteroatoms. The van der Waals surface area contributed by atoms with Crippen LogP contribution in [0.25, 0.3) is 0 Å². The Morgan fingerprint density at radius 2 is 2.06 bits per heavy atom. The molecule has 0 radical (unpaired) electrons. The Morgan fingerprint density at radius 3 is 2.67 bits per heavy atom. The fourth-order valence-corrected chi connectivity index (χ4v) is 2.35. The lowest BCUT2D eigenvalue weighted by Gasteiger charge is -2.17. The number of carbonyl (C=O) groups excluding carboxylic acids is 1. The molecule has 3 N–H and O–H groups in total. The number of amides is 1. The van der Waals surface area contributed by atoms with Gasteiger partial charge in [0.25, 0.3) is 5.91 Å². The topological polar surface area (TPSA) is 55.1 Å². The van der Waals surface area contributed by atoms with Crippen LogP contribution in [0, 0.1) is 17.6 Å². The van der Waals surface area contributed by atoms with Gasteiger partial charge in [0.2, 0.25) is 0 Å². The molecule has 1 fully saturated rings. The number of nitrogen functional groups attached to an aromatic ring is 1. The number of hydrogen-bond donors (Lipinski definition) is 2. The molecule has 1 saturated carbocycles. The Hall–Kier alpha value is -1.65. The summed E-state index contributed by atoms with van der Waals surface area (Å²) in [4.78, 5) is 11.9. The number of halogens is 2. The number of nitrogens with one attached hydrogen (secondary N) is 1. The number of nitrogens with two attached hydrogens (primary N) is 1. The minimum Gasteiger partial charge on any atom is -0.396 e. The molecule has 0 aromatic heterocycles. The van der Waals surface area contributed by atoms with Gasteiger partial charge in [-0.2, -0.15) is 0 Å². The number of benzene rings is 1. The highest BCUT2D eigenvalue weighted by Gasteiger charge is 2.26. The van der Waals surface area contributed by atoms with Crippen LogP contribution in [0.3, 0.4) is 0 Å². The summed E-state index contributed by atoms with van der Waals surface area (Å²) in [7, 11) is 0. The van der Waals surface area contributed by atoms with Crippen molar-refractivity contribution < 1.29 is 13.6 Å². The third kappa shape index (κ3) is 2.44. The maximum absolute atomic E-state index is 13.5. The zero-order valence-electron chi connectivity index (χ0n) is 10.2. The molecule has 3 nitrogen and oxygen atoms in total. The molecule has 0 bridgehead atoms. The van der Waals surface area contributed by atoms with E-state index in [0.717, 1.165) is 25.3 Å². The van der Waals surface area contributed by atoms with Crippen LogP contribution in [-0.4, -0.2) is 11.9 Å². The molecule has 18 heavy (non-hydrogen) atoms. The van der Waals surface area contributed by atoms with Crippen molar-refractivity contribution in [3.8, 4) is 0 Å². The van der Waals surface area contributed by atoms with E-state index in [9.17, 15) is 13.6 Å². The number of hydrogen-bond acceptors (Lipinski definition) is 2. The quantitative estimate of drug-likeness (QED) is 0.796. The van der Waals surface area contributed by atoms with E-state index in [1.165, 1.54) is 0 Å². The molecule has 2 unspecified atom stereocenters. The summed E-state index contributed by atoms with van der Waals surface area (Å²) in [5.74, 6) is -1.88. The first kappa shape index (κ1) is 12.8.